The normalized spacial score (nSPS) is 16.6. The molecule has 0 unspecified atom stereocenters. The number of nitrogens with two attached hydrogens (primary N) is 1. The van der Waals surface area contributed by atoms with Crippen LogP contribution in [0.2, 0.25) is 0 Å². The van der Waals surface area contributed by atoms with Crippen molar-refractivity contribution in [2.24, 2.45) is 5.73 Å². The van der Waals surface area contributed by atoms with Gasteiger partial charge in [0.2, 0.25) is 0 Å². The average molecular weight is 537 g/mol. The molecule has 0 amide bonds. The van der Waals surface area contributed by atoms with E-state index < -0.39 is 0 Å². The van der Waals surface area contributed by atoms with Gasteiger partial charge >= 0.3 is 0 Å². The molecule has 4 nitrogen and oxygen atoms in total. The van der Waals surface area contributed by atoms with E-state index in [1.165, 1.54) is 39.5 Å². The molecule has 1 aliphatic rings. The molecule has 2 rings (SSSR count). The summed E-state index contributed by atoms with van der Waals surface area (Å²) in [5, 5.41) is 5.02. The Balaban J connectivity index is 2.19. The highest BCUT2D eigenvalue weighted by Gasteiger charge is 2.20. The predicted octanol–water partition coefficient (Wildman–Crippen LogP) is 7.32. The van der Waals surface area contributed by atoms with E-state index >= 15 is 0 Å². The van der Waals surface area contributed by atoms with Crippen LogP contribution in [0.25, 0.3) is 5.57 Å². The number of nitrogens with zero attached hydrogens (tertiary/aromatic N) is 2. The summed E-state index contributed by atoms with van der Waals surface area (Å²) in [4.78, 5) is 6.01. The van der Waals surface area contributed by atoms with Crippen molar-refractivity contribution in [1.82, 2.24) is 15.1 Å². The van der Waals surface area contributed by atoms with Gasteiger partial charge in [-0.3, -0.25) is 0 Å². The van der Waals surface area contributed by atoms with Crippen molar-refractivity contribution in [2.75, 3.05) is 33.2 Å². The fourth-order valence-electron chi connectivity index (χ4n) is 4.80. The maximum Gasteiger partial charge on any atom is 0.119 e. The smallest absolute Gasteiger partial charge is 0.119 e. The van der Waals surface area contributed by atoms with Gasteiger partial charge in [0.1, 0.15) is 5.03 Å². The molecule has 1 saturated heterocycles. The number of allylic oxidation sites excluding steroid dienone is 3. The molecule has 0 aliphatic carbocycles. The number of rotatable bonds is 15. The molecule has 1 heterocycles. The van der Waals surface area contributed by atoms with Crippen LogP contribution in [0, 0.1) is 0 Å². The number of nitrogens with one attached hydrogen (secondary N) is 1. The van der Waals surface area contributed by atoms with Crippen LogP contribution in [0.15, 0.2) is 70.4 Å². The molecule has 3 N–H and O–H groups in total. The largest absolute Gasteiger partial charge is 0.382 e. The molecule has 0 aromatic heterocycles. The van der Waals surface area contributed by atoms with Crippen molar-refractivity contribution in [1.29, 1.82) is 0 Å². The predicted molar refractivity (Wildman–Crippen MR) is 170 cm³/mol. The van der Waals surface area contributed by atoms with Crippen LogP contribution in [-0.2, 0) is 6.42 Å². The fourth-order valence-corrected chi connectivity index (χ4v) is 5.79. The molecule has 0 bridgehead atoms. The molecule has 2 atom stereocenters. The lowest BCUT2D eigenvalue weighted by Gasteiger charge is -2.34. The van der Waals surface area contributed by atoms with E-state index in [0.29, 0.717) is 6.04 Å². The van der Waals surface area contributed by atoms with Crippen molar-refractivity contribution >= 4 is 17.3 Å². The Hall–Kier alpha value is -2.17. The number of benzene rings is 1. The quantitative estimate of drug-likeness (QED) is 0.182. The zero-order valence-electron chi connectivity index (χ0n) is 24.9. The first-order valence-electron chi connectivity index (χ1n) is 14.5. The molecule has 38 heavy (non-hydrogen) atoms. The Labute approximate surface area is 237 Å². The topological polar surface area (TPSA) is 44.5 Å². The van der Waals surface area contributed by atoms with E-state index in [0.717, 1.165) is 57.6 Å². The number of unbranched alkanes of at least 4 members (excludes halogenated alkanes) is 1. The SMILES string of the molecule is C=C(N[C@@H](CCCC)C/C(=C/C)c1ccccc1C[C@H](N)CC)/C(=C/C)SC(=C=CC)N1CCN(C)CC1. The first kappa shape index (κ1) is 32.0. The minimum Gasteiger partial charge on any atom is -0.382 e. The van der Waals surface area contributed by atoms with Gasteiger partial charge in [0, 0.05) is 48.9 Å². The van der Waals surface area contributed by atoms with Crippen LogP contribution in [0.3, 0.4) is 0 Å². The minimum absolute atomic E-state index is 0.192. The van der Waals surface area contributed by atoms with Crippen LogP contribution in [0.1, 0.15) is 77.8 Å². The summed E-state index contributed by atoms with van der Waals surface area (Å²) in [6, 6.07) is 9.29. The first-order valence-corrected chi connectivity index (χ1v) is 15.3. The van der Waals surface area contributed by atoms with Gasteiger partial charge in [-0.25, -0.2) is 0 Å². The lowest BCUT2D eigenvalue weighted by atomic mass is 9.90. The zero-order valence-corrected chi connectivity index (χ0v) is 25.7. The highest BCUT2D eigenvalue weighted by Crippen LogP contribution is 2.33. The maximum absolute atomic E-state index is 6.35. The summed E-state index contributed by atoms with van der Waals surface area (Å²) in [6.07, 6.45) is 12.8. The van der Waals surface area contributed by atoms with Gasteiger partial charge in [0.05, 0.1) is 0 Å². The number of thioether (sulfide) groups is 1. The molecule has 210 valence electrons. The van der Waals surface area contributed by atoms with E-state index in [1.807, 2.05) is 13.0 Å². The van der Waals surface area contributed by atoms with Crippen LogP contribution in [0.4, 0.5) is 0 Å². The Morgan fingerprint density at radius 1 is 1.13 bits per heavy atom. The second kappa shape index (κ2) is 17.4. The standard InChI is InChI=1S/C33H52N4S/c1-8-13-18-30(25-27(10-3)31-19-15-14-17-28(31)24-29(34)11-4)35-26(6)32(12-5)38-33(16-9-2)37-22-20-36(7)21-23-37/h9-10,12,14-15,17,19,29-30,35H,6,8,11,13,18,20-25,34H2,1-5,7H3/b27-10-,32-12-/t16?,29-,30+/m1/s1. The fraction of sp³-hybridized carbons (Fsp3) is 0.545. The van der Waals surface area contributed by atoms with E-state index in [1.54, 1.807) is 11.8 Å². The number of hydrogen-bond acceptors (Lipinski definition) is 5. The van der Waals surface area contributed by atoms with Gasteiger partial charge in [0.15, 0.2) is 0 Å². The molecule has 1 fully saturated rings. The van der Waals surface area contributed by atoms with Crippen molar-refractivity contribution in [3.05, 3.63) is 81.6 Å². The summed E-state index contributed by atoms with van der Waals surface area (Å²) in [5.41, 5.74) is 14.9. The summed E-state index contributed by atoms with van der Waals surface area (Å²) in [5.74, 6) is 0. The third-order valence-corrected chi connectivity index (χ3v) is 8.57. The Morgan fingerprint density at radius 3 is 2.45 bits per heavy atom. The van der Waals surface area contributed by atoms with E-state index in [9.17, 15) is 0 Å². The summed E-state index contributed by atoms with van der Waals surface area (Å²) >= 11 is 1.78. The molecular weight excluding hydrogens is 484 g/mol. The van der Waals surface area contributed by atoms with Crippen molar-refractivity contribution in [3.8, 4) is 0 Å². The monoisotopic (exact) mass is 536 g/mol. The second-order valence-corrected chi connectivity index (χ2v) is 11.3. The number of likely N-dealkylation sites (N-methyl/N-ethyl adjacent to an activating group) is 1. The zero-order chi connectivity index (χ0) is 27.9. The van der Waals surface area contributed by atoms with Crippen molar-refractivity contribution in [3.63, 3.8) is 0 Å². The van der Waals surface area contributed by atoms with Crippen LogP contribution in [0.5, 0.6) is 0 Å². The molecule has 5 heteroatoms. The molecular formula is C33H52N4S. The van der Waals surface area contributed by atoms with Gasteiger partial charge in [0.25, 0.3) is 0 Å². The lowest BCUT2D eigenvalue weighted by Crippen LogP contribution is -2.43. The molecule has 1 aromatic rings. The highest BCUT2D eigenvalue weighted by molar-refractivity contribution is 8.06. The minimum atomic E-state index is 0.192. The van der Waals surface area contributed by atoms with Gasteiger partial charge in [-0.05, 0) is 76.3 Å². The average Bonchev–Trinajstić information content (AvgIpc) is 2.93. The summed E-state index contributed by atoms with van der Waals surface area (Å²) in [7, 11) is 2.19. The summed E-state index contributed by atoms with van der Waals surface area (Å²) < 4.78 is 0. The first-order chi connectivity index (χ1) is 18.4. The van der Waals surface area contributed by atoms with Crippen LogP contribution in [-0.4, -0.2) is 55.1 Å². The van der Waals surface area contributed by atoms with E-state index in [4.69, 9.17) is 5.73 Å². The molecule has 1 aromatic carbocycles. The third-order valence-electron chi connectivity index (χ3n) is 7.29. The Morgan fingerprint density at radius 2 is 1.84 bits per heavy atom. The number of piperazine rings is 1. The van der Waals surface area contributed by atoms with Gasteiger partial charge in [-0.2, -0.15) is 0 Å². The summed E-state index contributed by atoms with van der Waals surface area (Å²) in [6.45, 7) is 19.5. The van der Waals surface area contributed by atoms with Gasteiger partial charge < -0.3 is 20.9 Å². The number of hydrogen-bond donors (Lipinski definition) is 2. The lowest BCUT2D eigenvalue weighted by molar-refractivity contribution is 0.195. The van der Waals surface area contributed by atoms with E-state index in [2.05, 4.69) is 98.6 Å². The Bertz CT molecular complexity index is 994. The van der Waals surface area contributed by atoms with Crippen molar-refractivity contribution < 1.29 is 0 Å². The van der Waals surface area contributed by atoms with Gasteiger partial charge in [-0.1, -0.05) is 87.2 Å². The molecule has 1 aliphatic heterocycles. The molecule has 0 saturated carbocycles. The third kappa shape index (κ3) is 10.2. The van der Waals surface area contributed by atoms with Crippen LogP contribution >= 0.6 is 11.8 Å². The molecule has 0 radical (unpaired) electrons. The van der Waals surface area contributed by atoms with Gasteiger partial charge in [-0.15, -0.1) is 0 Å². The second-order valence-electron chi connectivity index (χ2n) is 10.3. The highest BCUT2D eigenvalue weighted by atomic mass is 32.2. The van der Waals surface area contributed by atoms with Crippen molar-refractivity contribution in [2.45, 2.75) is 85.2 Å². The van der Waals surface area contributed by atoms with E-state index in [-0.39, 0.29) is 6.04 Å². The molecule has 0 spiro atoms. The Kier molecular flexibility index (Phi) is 14.7. The maximum atomic E-state index is 6.35. The van der Waals surface area contributed by atoms with Crippen LogP contribution < -0.4 is 11.1 Å².